The van der Waals surface area contributed by atoms with Gasteiger partial charge in [-0.25, -0.2) is 4.98 Å². The van der Waals surface area contributed by atoms with E-state index in [4.69, 9.17) is 9.26 Å². The molecule has 7 nitrogen and oxygen atoms in total. The number of thiazole rings is 1. The monoisotopic (exact) mass is 336 g/mol. The summed E-state index contributed by atoms with van der Waals surface area (Å²) in [5.41, 5.74) is 1.72. The lowest BCUT2D eigenvalue weighted by Gasteiger charge is -2.25. The van der Waals surface area contributed by atoms with Crippen molar-refractivity contribution >= 4 is 22.4 Å². The zero-order chi connectivity index (χ0) is 16.2. The van der Waals surface area contributed by atoms with Crippen molar-refractivity contribution in [1.29, 1.82) is 0 Å². The van der Waals surface area contributed by atoms with Crippen LogP contribution in [0.1, 0.15) is 41.7 Å². The highest BCUT2D eigenvalue weighted by atomic mass is 32.1. The predicted octanol–water partition coefficient (Wildman–Crippen LogP) is 2.34. The molecule has 1 saturated heterocycles. The predicted molar refractivity (Wildman–Crippen MR) is 86.8 cm³/mol. The molecule has 0 spiro atoms. The third-order valence-corrected chi connectivity index (χ3v) is 4.41. The van der Waals surface area contributed by atoms with E-state index in [0.29, 0.717) is 5.13 Å². The van der Waals surface area contributed by atoms with Crippen molar-refractivity contribution in [2.24, 2.45) is 0 Å². The van der Waals surface area contributed by atoms with E-state index in [1.165, 1.54) is 11.3 Å². The van der Waals surface area contributed by atoms with Crippen LogP contribution in [0.5, 0.6) is 0 Å². The molecule has 0 aromatic carbocycles. The molecule has 2 aromatic heterocycles. The first-order valence-electron chi connectivity index (χ1n) is 7.64. The lowest BCUT2D eigenvalue weighted by atomic mass is 10.1. The van der Waals surface area contributed by atoms with Gasteiger partial charge in [-0.15, -0.1) is 11.3 Å². The van der Waals surface area contributed by atoms with Gasteiger partial charge in [0.25, 0.3) is 5.91 Å². The van der Waals surface area contributed by atoms with E-state index in [1.807, 2.05) is 19.2 Å². The molecule has 0 bridgehead atoms. The minimum Gasteiger partial charge on any atom is -0.379 e. The van der Waals surface area contributed by atoms with Gasteiger partial charge in [-0.1, -0.05) is 19.0 Å². The largest absolute Gasteiger partial charge is 0.379 e. The summed E-state index contributed by atoms with van der Waals surface area (Å²) in [5.74, 6) is 0.107. The minimum absolute atomic E-state index is 0.207. The van der Waals surface area contributed by atoms with Crippen LogP contribution in [0.2, 0.25) is 0 Å². The number of carbonyl (C=O) groups is 1. The highest BCUT2D eigenvalue weighted by Gasteiger charge is 2.17. The molecular weight excluding hydrogens is 316 g/mol. The molecule has 8 heteroatoms. The molecule has 124 valence electrons. The van der Waals surface area contributed by atoms with Crippen LogP contribution < -0.4 is 5.32 Å². The van der Waals surface area contributed by atoms with Crippen molar-refractivity contribution in [1.82, 2.24) is 15.0 Å². The second kappa shape index (κ2) is 7.20. The average molecular weight is 336 g/mol. The van der Waals surface area contributed by atoms with Gasteiger partial charge >= 0.3 is 0 Å². The standard InChI is InChI=1S/C15H20N4O3S/c1-10(2)12-7-13(22-18-12)14(20)17-15-16-11(9-23-15)8-19-3-5-21-6-4-19/h7,9-10H,3-6,8H2,1-2H3,(H,16,17,20). The second-order valence-electron chi connectivity index (χ2n) is 5.76. The number of nitrogens with zero attached hydrogens (tertiary/aromatic N) is 3. The molecule has 3 heterocycles. The van der Waals surface area contributed by atoms with Crippen molar-refractivity contribution in [2.45, 2.75) is 26.3 Å². The molecule has 1 N–H and O–H groups in total. The summed E-state index contributed by atoms with van der Waals surface area (Å²) >= 11 is 1.41. The zero-order valence-electron chi connectivity index (χ0n) is 13.2. The molecule has 1 aliphatic rings. The summed E-state index contributed by atoms with van der Waals surface area (Å²) in [4.78, 5) is 18.9. The fourth-order valence-electron chi connectivity index (χ4n) is 2.25. The Morgan fingerprint density at radius 2 is 2.22 bits per heavy atom. The van der Waals surface area contributed by atoms with Gasteiger partial charge in [-0.05, 0) is 5.92 Å². The number of amides is 1. The quantitative estimate of drug-likeness (QED) is 0.903. The summed E-state index contributed by atoms with van der Waals surface area (Å²) in [6.45, 7) is 8.12. The van der Waals surface area contributed by atoms with Crippen molar-refractivity contribution < 1.29 is 14.1 Å². The Morgan fingerprint density at radius 3 is 2.91 bits per heavy atom. The molecule has 1 fully saturated rings. The third kappa shape index (κ3) is 4.15. The van der Waals surface area contributed by atoms with Gasteiger partial charge in [0, 0.05) is 31.1 Å². The SMILES string of the molecule is CC(C)c1cc(C(=O)Nc2nc(CN3CCOCC3)cs2)on1. The van der Waals surface area contributed by atoms with Gasteiger partial charge in [0.05, 0.1) is 24.6 Å². The van der Waals surface area contributed by atoms with Crippen molar-refractivity contribution in [3.63, 3.8) is 0 Å². The first-order chi connectivity index (χ1) is 11.1. The summed E-state index contributed by atoms with van der Waals surface area (Å²) in [7, 11) is 0. The lowest BCUT2D eigenvalue weighted by Crippen LogP contribution is -2.35. The molecule has 2 aromatic rings. The number of rotatable bonds is 5. The Bertz CT molecular complexity index is 661. The Labute approximate surface area is 138 Å². The van der Waals surface area contributed by atoms with Gasteiger partial charge in [0.1, 0.15) is 0 Å². The lowest BCUT2D eigenvalue weighted by molar-refractivity contribution is 0.0337. The summed E-state index contributed by atoms with van der Waals surface area (Å²) in [5, 5.41) is 9.18. The number of morpholine rings is 1. The highest BCUT2D eigenvalue weighted by molar-refractivity contribution is 7.13. The van der Waals surface area contributed by atoms with Crippen molar-refractivity contribution in [3.8, 4) is 0 Å². The van der Waals surface area contributed by atoms with Crippen LogP contribution in [-0.2, 0) is 11.3 Å². The van der Waals surface area contributed by atoms with Gasteiger partial charge in [-0.3, -0.25) is 15.0 Å². The number of ether oxygens (including phenoxy) is 1. The number of aromatic nitrogens is 2. The number of nitrogens with one attached hydrogen (secondary N) is 1. The highest BCUT2D eigenvalue weighted by Crippen LogP contribution is 2.19. The molecule has 0 radical (unpaired) electrons. The van der Waals surface area contributed by atoms with E-state index in [9.17, 15) is 4.79 Å². The van der Waals surface area contributed by atoms with Crippen LogP contribution in [-0.4, -0.2) is 47.3 Å². The van der Waals surface area contributed by atoms with Gasteiger partial charge in [-0.2, -0.15) is 0 Å². The molecule has 0 unspecified atom stereocenters. The zero-order valence-corrected chi connectivity index (χ0v) is 14.1. The maximum absolute atomic E-state index is 12.1. The van der Waals surface area contributed by atoms with E-state index in [-0.39, 0.29) is 17.6 Å². The summed E-state index contributed by atoms with van der Waals surface area (Å²) < 4.78 is 10.4. The van der Waals surface area contributed by atoms with Crippen LogP contribution in [0.4, 0.5) is 5.13 Å². The number of hydrogen-bond acceptors (Lipinski definition) is 7. The molecule has 0 atom stereocenters. The first kappa shape index (κ1) is 16.1. The van der Waals surface area contributed by atoms with Gasteiger partial charge in [0.15, 0.2) is 5.13 Å². The topological polar surface area (TPSA) is 80.5 Å². The second-order valence-corrected chi connectivity index (χ2v) is 6.62. The van der Waals surface area contributed by atoms with Crippen molar-refractivity contribution in [3.05, 3.63) is 28.6 Å². The van der Waals surface area contributed by atoms with Crippen molar-refractivity contribution in [2.75, 3.05) is 31.6 Å². The molecular formula is C15H20N4O3S. The van der Waals surface area contributed by atoms with Crippen LogP contribution in [0, 0.1) is 0 Å². The molecule has 3 rings (SSSR count). The normalized spacial score (nSPS) is 16.0. The molecule has 0 aliphatic carbocycles. The minimum atomic E-state index is -0.323. The molecule has 23 heavy (non-hydrogen) atoms. The Balaban J connectivity index is 1.58. The number of carbonyl (C=O) groups excluding carboxylic acids is 1. The van der Waals surface area contributed by atoms with Crippen LogP contribution >= 0.6 is 11.3 Å². The van der Waals surface area contributed by atoms with E-state index in [1.54, 1.807) is 6.07 Å². The van der Waals surface area contributed by atoms with E-state index in [0.717, 1.165) is 44.2 Å². The van der Waals surface area contributed by atoms with E-state index < -0.39 is 0 Å². The Kier molecular flexibility index (Phi) is 5.04. The smallest absolute Gasteiger partial charge is 0.296 e. The van der Waals surface area contributed by atoms with E-state index >= 15 is 0 Å². The number of hydrogen-bond donors (Lipinski definition) is 1. The van der Waals surface area contributed by atoms with Crippen LogP contribution in [0.15, 0.2) is 16.0 Å². The van der Waals surface area contributed by atoms with E-state index in [2.05, 4.69) is 20.4 Å². The maximum atomic E-state index is 12.1. The van der Waals surface area contributed by atoms with Gasteiger partial charge in [0.2, 0.25) is 5.76 Å². The Morgan fingerprint density at radius 1 is 1.43 bits per heavy atom. The maximum Gasteiger partial charge on any atom is 0.296 e. The number of anilines is 1. The molecule has 0 saturated carbocycles. The Hall–Kier alpha value is -1.77. The first-order valence-corrected chi connectivity index (χ1v) is 8.52. The fraction of sp³-hybridized carbons (Fsp3) is 0.533. The van der Waals surface area contributed by atoms with Crippen LogP contribution in [0.3, 0.4) is 0 Å². The molecule has 1 amide bonds. The average Bonchev–Trinajstić information content (AvgIpc) is 3.18. The summed E-state index contributed by atoms with van der Waals surface area (Å²) in [6.07, 6.45) is 0. The summed E-state index contributed by atoms with van der Waals surface area (Å²) in [6, 6.07) is 1.67. The third-order valence-electron chi connectivity index (χ3n) is 3.61. The fourth-order valence-corrected chi connectivity index (χ4v) is 2.95. The van der Waals surface area contributed by atoms with Gasteiger partial charge < -0.3 is 9.26 Å². The molecule has 1 aliphatic heterocycles. The van der Waals surface area contributed by atoms with Crippen LogP contribution in [0.25, 0.3) is 0 Å².